The molecule has 0 aliphatic rings. The maximum Gasteiger partial charge on any atom is 0.0855 e. The molecule has 0 spiro atoms. The zero-order valence-electron chi connectivity index (χ0n) is 9.17. The summed E-state index contributed by atoms with van der Waals surface area (Å²) < 4.78 is 2.09. The summed E-state index contributed by atoms with van der Waals surface area (Å²) in [5, 5.41) is 2.40. The van der Waals surface area contributed by atoms with E-state index in [9.17, 15) is 0 Å². The molecule has 1 nitrogen and oxygen atoms in total. The molecule has 0 radical (unpaired) electrons. The van der Waals surface area contributed by atoms with E-state index in [1.165, 1.54) is 16.3 Å². The van der Waals surface area contributed by atoms with E-state index in [2.05, 4.69) is 63.0 Å². The largest absolute Gasteiger partial charge is 0.247 e. The predicted molar refractivity (Wildman–Crippen MR) is 79.4 cm³/mol. The fourth-order valence-corrected chi connectivity index (χ4v) is 3.43. The Morgan fingerprint density at radius 2 is 1.76 bits per heavy atom. The molecule has 0 saturated carbocycles. The van der Waals surface area contributed by atoms with Gasteiger partial charge in [0, 0.05) is 19.7 Å². The summed E-state index contributed by atoms with van der Waals surface area (Å²) in [4.78, 5) is 4.71. The van der Waals surface area contributed by atoms with E-state index in [1.807, 2.05) is 12.1 Å². The molecule has 17 heavy (non-hydrogen) atoms. The molecule has 0 N–H and O–H groups in total. The van der Waals surface area contributed by atoms with Gasteiger partial charge in [0.25, 0.3) is 0 Å². The van der Waals surface area contributed by atoms with Gasteiger partial charge in [0.2, 0.25) is 0 Å². The molecule has 3 heteroatoms. The first-order valence-corrected chi connectivity index (χ1v) is 6.89. The minimum atomic E-state index is 1.02. The molecule has 0 saturated heterocycles. The number of hydrogen-bond donors (Lipinski definition) is 0. The second-order valence-corrected chi connectivity index (χ2v) is 5.81. The Morgan fingerprint density at radius 3 is 2.59 bits per heavy atom. The maximum absolute atomic E-state index is 4.71. The van der Waals surface area contributed by atoms with Crippen LogP contribution in [0.25, 0.3) is 21.8 Å². The van der Waals surface area contributed by atoms with Crippen LogP contribution in [-0.2, 0) is 0 Å². The monoisotopic (exact) mass is 349 g/mol. The lowest BCUT2D eigenvalue weighted by Gasteiger charge is -2.08. The highest BCUT2D eigenvalue weighted by Gasteiger charge is 2.08. The molecule has 2 aromatic carbocycles. The lowest BCUT2D eigenvalue weighted by Crippen LogP contribution is -1.88. The summed E-state index contributed by atoms with van der Waals surface area (Å²) in [5.74, 6) is 0. The molecule has 3 rings (SSSR count). The van der Waals surface area contributed by atoms with Crippen molar-refractivity contribution in [2.75, 3.05) is 0 Å². The van der Waals surface area contributed by atoms with E-state index in [0.29, 0.717) is 0 Å². The highest BCUT2D eigenvalue weighted by Crippen LogP contribution is 2.32. The minimum absolute atomic E-state index is 1.02. The summed E-state index contributed by atoms with van der Waals surface area (Å²) >= 11 is 7.10. The topological polar surface area (TPSA) is 12.9 Å². The Labute approximate surface area is 116 Å². The van der Waals surface area contributed by atoms with Crippen molar-refractivity contribution >= 4 is 53.7 Å². The van der Waals surface area contributed by atoms with Crippen LogP contribution in [0.1, 0.15) is 5.56 Å². The van der Waals surface area contributed by atoms with Crippen molar-refractivity contribution in [2.24, 2.45) is 0 Å². The zero-order valence-corrected chi connectivity index (χ0v) is 12.3. The van der Waals surface area contributed by atoms with Gasteiger partial charge in [-0.1, -0.05) is 34.1 Å². The summed E-state index contributed by atoms with van der Waals surface area (Å²) in [6.45, 7) is 2.14. The van der Waals surface area contributed by atoms with Crippen LogP contribution in [0, 0.1) is 6.92 Å². The van der Waals surface area contributed by atoms with Crippen LogP contribution in [0.2, 0.25) is 0 Å². The lowest BCUT2D eigenvalue weighted by molar-refractivity contribution is 1.44. The van der Waals surface area contributed by atoms with Crippen LogP contribution in [0.15, 0.2) is 45.3 Å². The first kappa shape index (κ1) is 11.2. The Balaban J connectivity index is 2.59. The number of benzene rings is 2. The van der Waals surface area contributed by atoms with Gasteiger partial charge in [-0.3, -0.25) is 0 Å². The molecule has 3 aromatic rings. The van der Waals surface area contributed by atoms with Gasteiger partial charge in [-0.05, 0) is 46.6 Å². The molecule has 84 valence electrons. The zero-order chi connectivity index (χ0) is 12.0. The molecular weight excluding hydrogens is 342 g/mol. The number of pyridine rings is 1. The van der Waals surface area contributed by atoms with Gasteiger partial charge in [-0.15, -0.1) is 0 Å². The van der Waals surface area contributed by atoms with Crippen molar-refractivity contribution in [1.29, 1.82) is 0 Å². The van der Waals surface area contributed by atoms with Gasteiger partial charge in [-0.25, -0.2) is 4.98 Å². The fourth-order valence-electron chi connectivity index (χ4n) is 2.12. The van der Waals surface area contributed by atoms with Crippen LogP contribution in [0.3, 0.4) is 0 Å². The van der Waals surface area contributed by atoms with Crippen molar-refractivity contribution in [3.05, 3.63) is 50.9 Å². The average molecular weight is 351 g/mol. The highest BCUT2D eigenvalue weighted by molar-refractivity contribution is 9.11. The fraction of sp³-hybridized carbons (Fsp3) is 0.0714. The minimum Gasteiger partial charge on any atom is -0.247 e. The van der Waals surface area contributed by atoms with Crippen LogP contribution >= 0.6 is 31.9 Å². The third-order valence-corrected chi connectivity index (χ3v) is 4.03. The SMILES string of the molecule is Cc1c2ccccc2nc2c(Br)cc(Br)cc12. The van der Waals surface area contributed by atoms with E-state index in [0.717, 1.165) is 20.0 Å². The average Bonchev–Trinajstić information content (AvgIpc) is 2.31. The molecule has 0 unspecified atom stereocenters. The first-order chi connectivity index (χ1) is 8.16. The number of para-hydroxylation sites is 1. The van der Waals surface area contributed by atoms with Gasteiger partial charge in [0.1, 0.15) is 0 Å². The van der Waals surface area contributed by atoms with Crippen LogP contribution in [0.4, 0.5) is 0 Å². The number of aryl methyl sites for hydroxylation is 1. The summed E-state index contributed by atoms with van der Waals surface area (Å²) in [7, 11) is 0. The van der Waals surface area contributed by atoms with Crippen molar-refractivity contribution in [3.8, 4) is 0 Å². The van der Waals surface area contributed by atoms with Crippen LogP contribution < -0.4 is 0 Å². The van der Waals surface area contributed by atoms with Gasteiger partial charge in [-0.2, -0.15) is 0 Å². The maximum atomic E-state index is 4.71. The number of nitrogens with zero attached hydrogens (tertiary/aromatic N) is 1. The van der Waals surface area contributed by atoms with Crippen LogP contribution in [0.5, 0.6) is 0 Å². The van der Waals surface area contributed by atoms with Gasteiger partial charge < -0.3 is 0 Å². The van der Waals surface area contributed by atoms with Gasteiger partial charge >= 0.3 is 0 Å². The Morgan fingerprint density at radius 1 is 1.00 bits per heavy atom. The smallest absolute Gasteiger partial charge is 0.0855 e. The molecule has 0 atom stereocenters. The highest BCUT2D eigenvalue weighted by atomic mass is 79.9. The molecule has 0 aliphatic heterocycles. The van der Waals surface area contributed by atoms with Crippen molar-refractivity contribution < 1.29 is 0 Å². The summed E-state index contributed by atoms with van der Waals surface area (Å²) in [6.07, 6.45) is 0. The lowest BCUT2D eigenvalue weighted by atomic mass is 10.0. The van der Waals surface area contributed by atoms with Crippen LogP contribution in [-0.4, -0.2) is 4.98 Å². The summed E-state index contributed by atoms with van der Waals surface area (Å²) in [5.41, 5.74) is 3.33. The third-order valence-electron chi connectivity index (χ3n) is 2.97. The van der Waals surface area contributed by atoms with Crippen molar-refractivity contribution in [2.45, 2.75) is 6.92 Å². The predicted octanol–water partition coefficient (Wildman–Crippen LogP) is 5.22. The standard InChI is InChI=1S/C14H9Br2N/c1-8-10-4-2-3-5-13(10)17-14-11(8)6-9(15)7-12(14)16/h2-7H,1H3. The molecule has 0 amide bonds. The molecule has 1 heterocycles. The quantitative estimate of drug-likeness (QED) is 0.506. The number of rotatable bonds is 0. The van der Waals surface area contributed by atoms with E-state index >= 15 is 0 Å². The third kappa shape index (κ3) is 1.78. The van der Waals surface area contributed by atoms with Gasteiger partial charge in [0.05, 0.1) is 11.0 Å². The second kappa shape index (κ2) is 4.07. The number of hydrogen-bond acceptors (Lipinski definition) is 1. The Kier molecular flexibility index (Phi) is 2.68. The molecule has 1 aromatic heterocycles. The van der Waals surface area contributed by atoms with E-state index in [4.69, 9.17) is 4.98 Å². The Hall–Kier alpha value is -0.930. The van der Waals surface area contributed by atoms with E-state index in [-0.39, 0.29) is 0 Å². The van der Waals surface area contributed by atoms with E-state index in [1.54, 1.807) is 0 Å². The molecule has 0 aliphatic carbocycles. The molecule has 0 bridgehead atoms. The Bertz CT molecular complexity index is 735. The van der Waals surface area contributed by atoms with Crippen molar-refractivity contribution in [1.82, 2.24) is 4.98 Å². The molecule has 0 fully saturated rings. The molecular formula is C14H9Br2N. The first-order valence-electron chi connectivity index (χ1n) is 5.31. The van der Waals surface area contributed by atoms with Gasteiger partial charge in [0.15, 0.2) is 0 Å². The van der Waals surface area contributed by atoms with Crippen molar-refractivity contribution in [3.63, 3.8) is 0 Å². The normalized spacial score (nSPS) is 11.2. The number of aromatic nitrogens is 1. The second-order valence-electron chi connectivity index (χ2n) is 4.04. The number of halogens is 2. The van der Waals surface area contributed by atoms with E-state index < -0.39 is 0 Å². The summed E-state index contributed by atoms with van der Waals surface area (Å²) in [6, 6.07) is 12.4. The number of fused-ring (bicyclic) bond motifs is 2.